The molecule has 1 nitrogen and oxygen atoms in total. The Kier molecular flexibility index (Phi) is 6.71. The summed E-state index contributed by atoms with van der Waals surface area (Å²) in [5.41, 5.74) is 19.7. The van der Waals surface area contributed by atoms with Crippen molar-refractivity contribution in [1.29, 1.82) is 0 Å². The minimum absolute atomic E-state index is 0.0355. The summed E-state index contributed by atoms with van der Waals surface area (Å²) in [7, 11) is 0. The number of rotatable bonds is 4. The number of hydrogen-bond acceptors (Lipinski definition) is 2. The molecule has 0 fully saturated rings. The molecule has 1 heterocycles. The molecule has 3 aliphatic rings. The fraction of sp³-hybridized carbons (Fsp3) is 0.154. The lowest BCUT2D eigenvalue weighted by atomic mass is 9.82. The van der Waals surface area contributed by atoms with Crippen LogP contribution in [-0.2, 0) is 17.3 Å². The van der Waals surface area contributed by atoms with Crippen LogP contribution in [0.25, 0.3) is 59.6 Å². The first-order chi connectivity index (χ1) is 26.3. The van der Waals surface area contributed by atoms with E-state index in [4.69, 9.17) is 0 Å². The topological polar surface area (TPSA) is 3.24 Å². The van der Waals surface area contributed by atoms with Crippen LogP contribution in [0.3, 0.4) is 0 Å². The maximum atomic E-state index is 2.46. The number of benzene rings is 7. The predicted octanol–water partition coefficient (Wildman–Crippen LogP) is 14.8. The largest absolute Gasteiger partial charge is 0.310 e. The van der Waals surface area contributed by atoms with Gasteiger partial charge in [-0.05, 0) is 128 Å². The first kappa shape index (κ1) is 31.8. The van der Waals surface area contributed by atoms with Crippen molar-refractivity contribution in [3.8, 4) is 33.4 Å². The number of thiophene rings is 1. The van der Waals surface area contributed by atoms with Crippen molar-refractivity contribution in [3.63, 3.8) is 0 Å². The van der Waals surface area contributed by atoms with Gasteiger partial charge >= 0.3 is 0 Å². The van der Waals surface area contributed by atoms with Crippen molar-refractivity contribution in [3.05, 3.63) is 179 Å². The Morgan fingerprint density at radius 2 is 1.13 bits per heavy atom. The van der Waals surface area contributed by atoms with Crippen molar-refractivity contribution in [1.82, 2.24) is 0 Å². The van der Waals surface area contributed by atoms with Crippen LogP contribution in [0, 0.1) is 0 Å². The van der Waals surface area contributed by atoms with Gasteiger partial charge in [0.25, 0.3) is 0 Å². The quantitative estimate of drug-likeness (QED) is 0.176. The summed E-state index contributed by atoms with van der Waals surface area (Å²) in [5.74, 6) is 0. The van der Waals surface area contributed by atoms with Crippen LogP contribution in [0.2, 0.25) is 0 Å². The summed E-state index contributed by atoms with van der Waals surface area (Å²) < 4.78 is 2.75. The number of hydrogen-bond donors (Lipinski definition) is 0. The first-order valence-corrected chi connectivity index (χ1v) is 20.1. The van der Waals surface area contributed by atoms with E-state index >= 15 is 0 Å². The Morgan fingerprint density at radius 3 is 1.93 bits per heavy atom. The molecule has 2 heteroatoms. The van der Waals surface area contributed by atoms with Gasteiger partial charge in [0, 0.05) is 48.1 Å². The number of fused-ring (bicyclic) bond motifs is 11. The highest BCUT2D eigenvalue weighted by Crippen LogP contribution is 2.53. The molecule has 0 bridgehead atoms. The van der Waals surface area contributed by atoms with Gasteiger partial charge in [-0.3, -0.25) is 0 Å². The predicted molar refractivity (Wildman–Crippen MR) is 232 cm³/mol. The standard InChI is InChI=1S/C52H41NS/c1-51(2)45-16-10-8-14-40(45)43-30-36(24-27-46(43)51)53(37-23-26-41-39-13-7-9-15-44(39)52(3,4)47(41)31-37)35-21-17-32(18-22-35)34-19-25-42-49(29-34)54-48-28-20-33-11-5-6-12-38(33)50(42)48/h5,7-11,13-31H,6,12H2,1-4H3. The maximum absolute atomic E-state index is 2.46. The fourth-order valence-corrected chi connectivity index (χ4v) is 11.1. The third-order valence-electron chi connectivity index (χ3n) is 12.7. The zero-order chi connectivity index (χ0) is 36.3. The molecular weight excluding hydrogens is 671 g/mol. The lowest BCUT2D eigenvalue weighted by molar-refractivity contribution is 0.660. The van der Waals surface area contributed by atoms with Crippen LogP contribution in [0.5, 0.6) is 0 Å². The van der Waals surface area contributed by atoms with Gasteiger partial charge in [-0.2, -0.15) is 0 Å². The zero-order valence-corrected chi connectivity index (χ0v) is 32.0. The van der Waals surface area contributed by atoms with E-state index in [1.807, 2.05) is 11.3 Å². The van der Waals surface area contributed by atoms with E-state index in [1.54, 1.807) is 0 Å². The molecule has 0 saturated carbocycles. The number of nitrogens with zero attached hydrogens (tertiary/aromatic N) is 1. The molecule has 0 radical (unpaired) electrons. The minimum atomic E-state index is -0.0837. The summed E-state index contributed by atoms with van der Waals surface area (Å²) >= 11 is 1.92. The van der Waals surface area contributed by atoms with Gasteiger partial charge in [-0.1, -0.05) is 131 Å². The second kappa shape index (κ2) is 11.4. The lowest BCUT2D eigenvalue weighted by Gasteiger charge is -2.29. The van der Waals surface area contributed by atoms with Crippen LogP contribution in [-0.4, -0.2) is 0 Å². The normalized spacial score (nSPS) is 15.5. The average molecular weight is 712 g/mol. The Morgan fingerprint density at radius 1 is 0.500 bits per heavy atom. The first-order valence-electron chi connectivity index (χ1n) is 19.3. The molecule has 3 aliphatic carbocycles. The summed E-state index contributed by atoms with van der Waals surface area (Å²) in [5, 5.41) is 2.84. The van der Waals surface area contributed by atoms with Crippen molar-refractivity contribution in [2.45, 2.75) is 51.4 Å². The number of allylic oxidation sites excluding steroid dienone is 1. The van der Waals surface area contributed by atoms with Crippen LogP contribution >= 0.6 is 11.3 Å². The Bertz CT molecular complexity index is 2880. The third-order valence-corrected chi connectivity index (χ3v) is 13.9. The van der Waals surface area contributed by atoms with E-state index < -0.39 is 0 Å². The maximum Gasteiger partial charge on any atom is 0.0468 e. The van der Waals surface area contributed by atoms with E-state index in [0.717, 1.165) is 18.5 Å². The van der Waals surface area contributed by atoms with Crippen molar-refractivity contribution in [2.24, 2.45) is 0 Å². The van der Waals surface area contributed by atoms with E-state index in [2.05, 4.69) is 184 Å². The van der Waals surface area contributed by atoms with E-state index in [-0.39, 0.29) is 10.8 Å². The molecular formula is C52H41NS. The Hall–Kier alpha value is -5.70. The summed E-state index contributed by atoms with van der Waals surface area (Å²) in [4.78, 5) is 2.46. The third kappa shape index (κ3) is 4.50. The molecule has 0 N–H and O–H groups in total. The van der Waals surface area contributed by atoms with Gasteiger partial charge in [0.1, 0.15) is 0 Å². The smallest absolute Gasteiger partial charge is 0.0468 e. The van der Waals surface area contributed by atoms with E-state index in [0.29, 0.717) is 0 Å². The van der Waals surface area contributed by atoms with Crippen LogP contribution in [0.1, 0.15) is 67.5 Å². The number of anilines is 3. The monoisotopic (exact) mass is 711 g/mol. The molecule has 8 aromatic rings. The molecule has 7 aromatic carbocycles. The molecule has 0 saturated heterocycles. The van der Waals surface area contributed by atoms with Crippen LogP contribution in [0.4, 0.5) is 17.1 Å². The zero-order valence-electron chi connectivity index (χ0n) is 31.2. The molecule has 1 aromatic heterocycles. The highest BCUT2D eigenvalue weighted by atomic mass is 32.1. The fourth-order valence-electron chi connectivity index (χ4n) is 9.93. The van der Waals surface area contributed by atoms with Gasteiger partial charge < -0.3 is 4.90 Å². The van der Waals surface area contributed by atoms with Gasteiger partial charge in [0.05, 0.1) is 0 Å². The molecule has 0 amide bonds. The summed E-state index contributed by atoms with van der Waals surface area (Å²) in [6, 6.07) is 53.0. The molecule has 0 atom stereocenters. The second-order valence-corrected chi connectivity index (χ2v) is 17.5. The summed E-state index contributed by atoms with van der Waals surface area (Å²) in [6.07, 6.45) is 6.85. The average Bonchev–Trinajstić information content (AvgIpc) is 3.78. The van der Waals surface area contributed by atoms with Crippen molar-refractivity contribution >= 4 is 54.6 Å². The molecule has 0 unspecified atom stereocenters. The van der Waals surface area contributed by atoms with Crippen LogP contribution in [0.15, 0.2) is 146 Å². The van der Waals surface area contributed by atoms with Gasteiger partial charge in [-0.15, -0.1) is 11.3 Å². The van der Waals surface area contributed by atoms with Crippen molar-refractivity contribution < 1.29 is 0 Å². The van der Waals surface area contributed by atoms with E-state index in [1.165, 1.54) is 98.3 Å². The molecule has 0 spiro atoms. The van der Waals surface area contributed by atoms with Gasteiger partial charge in [0.15, 0.2) is 0 Å². The minimum Gasteiger partial charge on any atom is -0.310 e. The van der Waals surface area contributed by atoms with Gasteiger partial charge in [-0.25, -0.2) is 0 Å². The highest BCUT2D eigenvalue weighted by molar-refractivity contribution is 7.25. The van der Waals surface area contributed by atoms with Crippen molar-refractivity contribution in [2.75, 3.05) is 4.90 Å². The lowest BCUT2D eigenvalue weighted by Crippen LogP contribution is -2.17. The second-order valence-electron chi connectivity index (χ2n) is 16.4. The molecule has 0 aliphatic heterocycles. The molecule has 260 valence electrons. The Labute approximate surface area is 321 Å². The molecule has 54 heavy (non-hydrogen) atoms. The summed E-state index contributed by atoms with van der Waals surface area (Å²) in [6.45, 7) is 9.45. The Balaban J connectivity index is 1.03. The van der Waals surface area contributed by atoms with Crippen LogP contribution < -0.4 is 4.90 Å². The SMILES string of the molecule is CC1(C)c2ccccc2-c2cc(N(c3ccc(-c4ccc5c(c4)sc4ccc6c(c45)CCC=C6)cc3)c3ccc4c(c3)C(C)(C)c3ccccc3-4)ccc21. The molecule has 11 rings (SSSR count). The number of aryl methyl sites for hydroxylation is 1. The highest BCUT2D eigenvalue weighted by Gasteiger charge is 2.37. The van der Waals surface area contributed by atoms with E-state index in [9.17, 15) is 0 Å². The van der Waals surface area contributed by atoms with Gasteiger partial charge in [0.2, 0.25) is 0 Å².